The van der Waals surface area contributed by atoms with Crippen molar-refractivity contribution in [3.05, 3.63) is 0 Å². The van der Waals surface area contributed by atoms with Crippen LogP contribution in [0.3, 0.4) is 0 Å². The van der Waals surface area contributed by atoms with E-state index in [0.717, 1.165) is 38.6 Å². The molecule has 0 aliphatic carbocycles. The van der Waals surface area contributed by atoms with Gasteiger partial charge >= 0.3 is 0 Å². The van der Waals surface area contributed by atoms with Gasteiger partial charge in [0.2, 0.25) is 5.91 Å². The highest BCUT2D eigenvalue weighted by molar-refractivity contribution is 5.86. The van der Waals surface area contributed by atoms with E-state index in [1.807, 2.05) is 11.9 Å². The Kier molecular flexibility index (Phi) is 4.28. The maximum absolute atomic E-state index is 12.2. The summed E-state index contributed by atoms with van der Waals surface area (Å²) in [5.41, 5.74) is -0.320. The summed E-state index contributed by atoms with van der Waals surface area (Å²) in [4.78, 5) is 16.4. The first-order valence-electron chi connectivity index (χ1n) is 7.23. The molecule has 2 aliphatic heterocycles. The molecule has 0 aromatic rings. The summed E-state index contributed by atoms with van der Waals surface area (Å²) in [6.45, 7) is 9.40. The van der Waals surface area contributed by atoms with Crippen molar-refractivity contribution in [3.8, 4) is 0 Å². The molecule has 1 N–H and O–H groups in total. The van der Waals surface area contributed by atoms with Crippen LogP contribution in [0.5, 0.6) is 0 Å². The van der Waals surface area contributed by atoms with Crippen LogP contribution in [-0.2, 0) is 4.79 Å². The van der Waals surface area contributed by atoms with E-state index >= 15 is 0 Å². The molecule has 2 saturated heterocycles. The van der Waals surface area contributed by atoms with Crippen molar-refractivity contribution in [1.82, 2.24) is 15.1 Å². The second kappa shape index (κ2) is 5.57. The van der Waals surface area contributed by atoms with Gasteiger partial charge in [0.1, 0.15) is 0 Å². The molecule has 0 aromatic carbocycles. The molecule has 2 aliphatic rings. The maximum Gasteiger partial charge on any atom is 0.242 e. The van der Waals surface area contributed by atoms with Crippen LogP contribution in [0.25, 0.3) is 0 Å². The van der Waals surface area contributed by atoms with Gasteiger partial charge < -0.3 is 10.2 Å². The minimum atomic E-state index is -0.320. The highest BCUT2D eigenvalue weighted by atomic mass is 16.2. The lowest BCUT2D eigenvalue weighted by molar-refractivity contribution is -0.147. The highest BCUT2D eigenvalue weighted by Crippen LogP contribution is 2.24. The van der Waals surface area contributed by atoms with Crippen molar-refractivity contribution in [3.63, 3.8) is 0 Å². The molecule has 0 unspecified atom stereocenters. The minimum Gasteiger partial charge on any atom is -0.343 e. The van der Waals surface area contributed by atoms with Crippen LogP contribution in [-0.4, -0.2) is 61.0 Å². The molecular formula is C14H27N3O. The van der Waals surface area contributed by atoms with Gasteiger partial charge in [0, 0.05) is 20.1 Å². The molecule has 1 amide bonds. The van der Waals surface area contributed by atoms with Gasteiger partial charge in [-0.3, -0.25) is 9.69 Å². The Morgan fingerprint density at radius 1 is 1.28 bits per heavy atom. The fourth-order valence-electron chi connectivity index (χ4n) is 3.15. The zero-order valence-corrected chi connectivity index (χ0v) is 12.0. The van der Waals surface area contributed by atoms with Crippen LogP contribution >= 0.6 is 0 Å². The quantitative estimate of drug-likeness (QED) is 0.813. The number of rotatable bonds is 3. The number of nitrogens with zero attached hydrogens (tertiary/aromatic N) is 2. The summed E-state index contributed by atoms with van der Waals surface area (Å²) in [6.07, 6.45) is 3.83. The lowest BCUT2D eigenvalue weighted by Gasteiger charge is -2.45. The fraction of sp³-hybridized carbons (Fsp3) is 0.929. The number of likely N-dealkylation sites (N-methyl/N-ethyl adjacent to an activating group) is 1. The van der Waals surface area contributed by atoms with Crippen LogP contribution in [0.15, 0.2) is 0 Å². The van der Waals surface area contributed by atoms with Crippen LogP contribution in [0.2, 0.25) is 0 Å². The lowest BCUT2D eigenvalue weighted by atomic mass is 9.92. The van der Waals surface area contributed by atoms with E-state index in [9.17, 15) is 4.79 Å². The molecule has 104 valence electrons. The zero-order chi connectivity index (χ0) is 13.2. The van der Waals surface area contributed by atoms with Crippen molar-refractivity contribution in [2.75, 3.05) is 39.8 Å². The van der Waals surface area contributed by atoms with Crippen molar-refractivity contribution < 1.29 is 4.79 Å². The Labute approximate surface area is 111 Å². The molecule has 0 spiro atoms. The van der Waals surface area contributed by atoms with E-state index in [1.54, 1.807) is 0 Å². The Morgan fingerprint density at radius 2 is 1.94 bits per heavy atom. The van der Waals surface area contributed by atoms with E-state index in [4.69, 9.17) is 0 Å². The summed E-state index contributed by atoms with van der Waals surface area (Å²) in [5, 5.41) is 3.41. The normalized spacial score (nSPS) is 26.6. The summed E-state index contributed by atoms with van der Waals surface area (Å²) in [7, 11) is 1.91. The predicted octanol–water partition coefficient (Wildman–Crippen LogP) is 0.929. The van der Waals surface area contributed by atoms with Gasteiger partial charge in [-0.25, -0.2) is 0 Å². The van der Waals surface area contributed by atoms with Gasteiger partial charge in [-0.2, -0.15) is 0 Å². The largest absolute Gasteiger partial charge is 0.343 e. The number of hydrogen-bond donors (Lipinski definition) is 1. The van der Waals surface area contributed by atoms with Gasteiger partial charge in [0.05, 0.1) is 5.54 Å². The van der Waals surface area contributed by atoms with E-state index in [2.05, 4.69) is 24.1 Å². The molecule has 0 aromatic heterocycles. The molecule has 4 heteroatoms. The molecule has 0 saturated carbocycles. The van der Waals surface area contributed by atoms with E-state index in [1.165, 1.54) is 19.3 Å². The average molecular weight is 253 g/mol. The van der Waals surface area contributed by atoms with Gasteiger partial charge in [0.25, 0.3) is 0 Å². The van der Waals surface area contributed by atoms with Crippen molar-refractivity contribution in [2.45, 2.75) is 38.6 Å². The number of piperazine rings is 1. The monoisotopic (exact) mass is 253 g/mol. The van der Waals surface area contributed by atoms with Crippen molar-refractivity contribution in [1.29, 1.82) is 0 Å². The number of amides is 1. The summed E-state index contributed by atoms with van der Waals surface area (Å²) in [6, 6.07) is 0. The van der Waals surface area contributed by atoms with Crippen molar-refractivity contribution >= 4 is 5.91 Å². The van der Waals surface area contributed by atoms with Crippen molar-refractivity contribution in [2.24, 2.45) is 5.92 Å². The third-order valence-electron chi connectivity index (χ3n) is 4.63. The standard InChI is InChI=1S/C14H27N3O/c1-14(2)13(18)16(3)10-11-17(14)9-6-12-4-7-15-8-5-12/h12,15H,4-11H2,1-3H3. The van der Waals surface area contributed by atoms with E-state index in [-0.39, 0.29) is 11.4 Å². The number of hydrogen-bond acceptors (Lipinski definition) is 3. The Morgan fingerprint density at radius 3 is 2.61 bits per heavy atom. The molecule has 2 heterocycles. The number of carbonyl (C=O) groups excluding carboxylic acids is 1. The first-order valence-corrected chi connectivity index (χ1v) is 7.23. The molecule has 0 radical (unpaired) electrons. The zero-order valence-electron chi connectivity index (χ0n) is 12.0. The van der Waals surface area contributed by atoms with Gasteiger partial charge in [-0.05, 0) is 58.7 Å². The number of carbonyl (C=O) groups is 1. The van der Waals surface area contributed by atoms with Crippen LogP contribution in [0.4, 0.5) is 0 Å². The maximum atomic E-state index is 12.2. The summed E-state index contributed by atoms with van der Waals surface area (Å²) in [5.74, 6) is 1.11. The van der Waals surface area contributed by atoms with Gasteiger partial charge in [0.15, 0.2) is 0 Å². The molecule has 4 nitrogen and oxygen atoms in total. The molecular weight excluding hydrogens is 226 g/mol. The van der Waals surface area contributed by atoms with Crippen LogP contribution in [0.1, 0.15) is 33.1 Å². The highest BCUT2D eigenvalue weighted by Gasteiger charge is 2.40. The van der Waals surface area contributed by atoms with Crippen LogP contribution < -0.4 is 5.32 Å². The van der Waals surface area contributed by atoms with Gasteiger partial charge in [-0.15, -0.1) is 0 Å². The Hall–Kier alpha value is -0.610. The number of nitrogens with one attached hydrogen (secondary N) is 1. The third kappa shape index (κ3) is 2.86. The van der Waals surface area contributed by atoms with Gasteiger partial charge in [-0.1, -0.05) is 0 Å². The minimum absolute atomic E-state index is 0.263. The first-order chi connectivity index (χ1) is 8.51. The molecule has 2 rings (SSSR count). The smallest absolute Gasteiger partial charge is 0.242 e. The van der Waals surface area contributed by atoms with E-state index in [0.29, 0.717) is 0 Å². The Balaban J connectivity index is 1.86. The van der Waals surface area contributed by atoms with E-state index < -0.39 is 0 Å². The second-order valence-electron chi connectivity index (χ2n) is 6.25. The molecule has 0 bridgehead atoms. The molecule has 18 heavy (non-hydrogen) atoms. The lowest BCUT2D eigenvalue weighted by Crippen LogP contribution is -2.62. The third-order valence-corrected chi connectivity index (χ3v) is 4.63. The second-order valence-corrected chi connectivity index (χ2v) is 6.25. The first kappa shape index (κ1) is 13.8. The summed E-state index contributed by atoms with van der Waals surface area (Å²) >= 11 is 0. The predicted molar refractivity (Wildman–Crippen MR) is 73.5 cm³/mol. The average Bonchev–Trinajstić information content (AvgIpc) is 2.37. The number of piperidine rings is 1. The topological polar surface area (TPSA) is 35.6 Å². The fourth-order valence-corrected chi connectivity index (χ4v) is 3.15. The summed E-state index contributed by atoms with van der Waals surface area (Å²) < 4.78 is 0. The SMILES string of the molecule is CN1CCN(CCC2CCNCC2)C(C)(C)C1=O. The molecule has 0 atom stereocenters. The van der Waals surface area contributed by atoms with Crippen LogP contribution in [0, 0.1) is 5.92 Å². The Bertz CT molecular complexity index is 297. The molecule has 2 fully saturated rings.